The summed E-state index contributed by atoms with van der Waals surface area (Å²) in [5.41, 5.74) is 1.79. The van der Waals surface area contributed by atoms with Gasteiger partial charge in [-0.25, -0.2) is 4.98 Å². The molecule has 0 aliphatic rings. The highest BCUT2D eigenvalue weighted by atomic mass is 16.6. The van der Waals surface area contributed by atoms with E-state index in [1.54, 1.807) is 26.0 Å². The van der Waals surface area contributed by atoms with Crippen LogP contribution in [0.25, 0.3) is 0 Å². The number of hydrogen-bond acceptors (Lipinski definition) is 5. The molecule has 0 bridgehead atoms. The number of rotatable bonds is 4. The Morgan fingerprint density at radius 2 is 2.00 bits per heavy atom. The molecule has 6 heteroatoms. The van der Waals surface area contributed by atoms with Crippen LogP contribution in [0.15, 0.2) is 30.5 Å². The number of pyridine rings is 1. The van der Waals surface area contributed by atoms with Gasteiger partial charge in [0.2, 0.25) is 11.6 Å². The highest BCUT2D eigenvalue weighted by molar-refractivity contribution is 5.93. The number of carbonyl (C=O) groups excluding carboxylic acids is 1. The van der Waals surface area contributed by atoms with Gasteiger partial charge in [0.25, 0.3) is 0 Å². The lowest BCUT2D eigenvalue weighted by molar-refractivity contribution is -0.385. The number of hydrogen-bond donors (Lipinski definition) is 0. The zero-order chi connectivity index (χ0) is 15.6. The molecular weight excluding hydrogens is 272 g/mol. The second-order valence-electron chi connectivity index (χ2n) is 4.73. The molecule has 2 aromatic rings. The predicted octanol–water partition coefficient (Wildman–Crippen LogP) is 3.60. The molecule has 21 heavy (non-hydrogen) atoms. The second kappa shape index (κ2) is 5.70. The third-order valence-corrected chi connectivity index (χ3v) is 2.95. The largest absolute Gasteiger partial charge is 0.432 e. The Kier molecular flexibility index (Phi) is 3.98. The van der Waals surface area contributed by atoms with Gasteiger partial charge < -0.3 is 4.74 Å². The van der Waals surface area contributed by atoms with Crippen molar-refractivity contribution in [3.63, 3.8) is 0 Å². The van der Waals surface area contributed by atoms with Crippen molar-refractivity contribution in [1.82, 2.24) is 4.98 Å². The standard InChI is InChI=1S/C15H14N2O4/c1-9-6-10(2)15(13(7-9)17(19)20)21-14-5-4-12(8-16-14)11(3)18/h4-8H,1-3H3. The summed E-state index contributed by atoms with van der Waals surface area (Å²) in [6.45, 7) is 4.95. The molecule has 0 radical (unpaired) electrons. The zero-order valence-corrected chi connectivity index (χ0v) is 11.9. The second-order valence-corrected chi connectivity index (χ2v) is 4.73. The number of aryl methyl sites for hydroxylation is 2. The Morgan fingerprint density at radius 1 is 1.29 bits per heavy atom. The van der Waals surface area contributed by atoms with Crippen molar-refractivity contribution < 1.29 is 14.5 Å². The molecule has 2 rings (SSSR count). The molecular formula is C15H14N2O4. The van der Waals surface area contributed by atoms with Crippen molar-refractivity contribution in [2.45, 2.75) is 20.8 Å². The first-order valence-corrected chi connectivity index (χ1v) is 6.29. The lowest BCUT2D eigenvalue weighted by atomic mass is 10.1. The van der Waals surface area contributed by atoms with E-state index in [9.17, 15) is 14.9 Å². The maximum absolute atomic E-state index is 11.2. The molecule has 0 saturated heterocycles. The van der Waals surface area contributed by atoms with Gasteiger partial charge in [-0.05, 0) is 38.0 Å². The molecule has 1 aromatic carbocycles. The van der Waals surface area contributed by atoms with E-state index in [0.717, 1.165) is 5.56 Å². The van der Waals surface area contributed by atoms with Crippen LogP contribution in [0.3, 0.4) is 0 Å². The Morgan fingerprint density at radius 3 is 2.52 bits per heavy atom. The number of aromatic nitrogens is 1. The summed E-state index contributed by atoms with van der Waals surface area (Å²) in [5.74, 6) is 0.260. The summed E-state index contributed by atoms with van der Waals surface area (Å²) in [4.78, 5) is 25.8. The first-order chi connectivity index (χ1) is 9.88. The van der Waals surface area contributed by atoms with Gasteiger partial charge in [0.05, 0.1) is 4.92 Å². The minimum atomic E-state index is -0.487. The molecule has 0 atom stereocenters. The summed E-state index contributed by atoms with van der Waals surface area (Å²) >= 11 is 0. The average molecular weight is 286 g/mol. The van der Waals surface area contributed by atoms with E-state index in [0.29, 0.717) is 11.1 Å². The number of Topliss-reactive ketones (excluding diaryl/α,β-unsaturated/α-hetero) is 1. The van der Waals surface area contributed by atoms with Crippen LogP contribution in [0.5, 0.6) is 11.6 Å². The third-order valence-electron chi connectivity index (χ3n) is 2.95. The fourth-order valence-corrected chi connectivity index (χ4v) is 1.95. The van der Waals surface area contributed by atoms with E-state index >= 15 is 0 Å². The minimum Gasteiger partial charge on any atom is -0.432 e. The molecule has 0 saturated carbocycles. The van der Waals surface area contributed by atoms with Gasteiger partial charge in [0.15, 0.2) is 5.78 Å². The number of carbonyl (C=O) groups is 1. The molecule has 0 unspecified atom stereocenters. The topological polar surface area (TPSA) is 82.3 Å². The number of ether oxygens (including phenoxy) is 1. The number of nitrogens with zero attached hydrogens (tertiary/aromatic N) is 2. The minimum absolute atomic E-state index is 0.105. The van der Waals surface area contributed by atoms with Gasteiger partial charge in [-0.1, -0.05) is 6.07 Å². The van der Waals surface area contributed by atoms with Gasteiger partial charge in [-0.2, -0.15) is 0 Å². The Labute approximate surface area is 121 Å². The summed E-state index contributed by atoms with van der Waals surface area (Å²) in [6.07, 6.45) is 1.38. The summed E-state index contributed by atoms with van der Waals surface area (Å²) in [7, 11) is 0. The lowest BCUT2D eigenvalue weighted by Crippen LogP contribution is -1.99. The number of ketones is 1. The van der Waals surface area contributed by atoms with Crippen LogP contribution in [-0.4, -0.2) is 15.7 Å². The summed E-state index contributed by atoms with van der Waals surface area (Å²) in [5, 5.41) is 11.1. The van der Waals surface area contributed by atoms with Crippen molar-refractivity contribution in [3.05, 3.63) is 57.3 Å². The van der Waals surface area contributed by atoms with Gasteiger partial charge in [0, 0.05) is 23.9 Å². The fourth-order valence-electron chi connectivity index (χ4n) is 1.95. The number of nitro groups is 1. The zero-order valence-electron chi connectivity index (χ0n) is 11.9. The van der Waals surface area contributed by atoms with Crippen LogP contribution >= 0.6 is 0 Å². The average Bonchev–Trinajstić information content (AvgIpc) is 2.41. The van der Waals surface area contributed by atoms with Crippen molar-refractivity contribution in [1.29, 1.82) is 0 Å². The monoisotopic (exact) mass is 286 g/mol. The van der Waals surface area contributed by atoms with Crippen molar-refractivity contribution >= 4 is 11.5 Å². The molecule has 0 N–H and O–H groups in total. The summed E-state index contributed by atoms with van der Waals surface area (Å²) in [6, 6.07) is 6.33. The van der Waals surface area contributed by atoms with Crippen LogP contribution < -0.4 is 4.74 Å². The first-order valence-electron chi connectivity index (χ1n) is 6.29. The van der Waals surface area contributed by atoms with E-state index in [2.05, 4.69) is 4.98 Å². The fraction of sp³-hybridized carbons (Fsp3) is 0.200. The van der Waals surface area contributed by atoms with Gasteiger partial charge >= 0.3 is 5.69 Å². The molecule has 1 aromatic heterocycles. The Bertz CT molecular complexity index is 708. The molecule has 0 amide bonds. The van der Waals surface area contributed by atoms with E-state index < -0.39 is 4.92 Å². The van der Waals surface area contributed by atoms with Crippen LogP contribution in [0.4, 0.5) is 5.69 Å². The Hall–Kier alpha value is -2.76. The normalized spacial score (nSPS) is 10.2. The van der Waals surface area contributed by atoms with E-state index in [-0.39, 0.29) is 23.1 Å². The molecule has 0 aliphatic carbocycles. The lowest BCUT2D eigenvalue weighted by Gasteiger charge is -2.09. The molecule has 0 fully saturated rings. The van der Waals surface area contributed by atoms with E-state index in [1.165, 1.54) is 25.3 Å². The SMILES string of the molecule is CC(=O)c1ccc(Oc2c(C)cc(C)cc2[N+](=O)[O-])nc1. The van der Waals surface area contributed by atoms with Gasteiger partial charge in [-0.3, -0.25) is 14.9 Å². The van der Waals surface area contributed by atoms with Gasteiger partial charge in [0.1, 0.15) is 0 Å². The van der Waals surface area contributed by atoms with E-state index in [4.69, 9.17) is 4.74 Å². The van der Waals surface area contributed by atoms with Crippen molar-refractivity contribution in [2.75, 3.05) is 0 Å². The maximum Gasteiger partial charge on any atom is 0.312 e. The highest BCUT2D eigenvalue weighted by Gasteiger charge is 2.19. The van der Waals surface area contributed by atoms with E-state index in [1.807, 2.05) is 0 Å². The third kappa shape index (κ3) is 3.22. The maximum atomic E-state index is 11.2. The smallest absolute Gasteiger partial charge is 0.312 e. The molecule has 108 valence electrons. The van der Waals surface area contributed by atoms with Crippen LogP contribution in [-0.2, 0) is 0 Å². The summed E-state index contributed by atoms with van der Waals surface area (Å²) < 4.78 is 5.53. The molecule has 0 spiro atoms. The first kappa shape index (κ1) is 14.6. The molecule has 0 aliphatic heterocycles. The Balaban J connectivity index is 2.39. The highest BCUT2D eigenvalue weighted by Crippen LogP contribution is 2.34. The number of benzene rings is 1. The molecule has 1 heterocycles. The van der Waals surface area contributed by atoms with Crippen LogP contribution in [0.2, 0.25) is 0 Å². The van der Waals surface area contributed by atoms with Crippen LogP contribution in [0.1, 0.15) is 28.4 Å². The van der Waals surface area contributed by atoms with Crippen molar-refractivity contribution in [2.24, 2.45) is 0 Å². The molecule has 6 nitrogen and oxygen atoms in total. The van der Waals surface area contributed by atoms with Crippen molar-refractivity contribution in [3.8, 4) is 11.6 Å². The van der Waals surface area contributed by atoms with Crippen LogP contribution in [0, 0.1) is 24.0 Å². The van der Waals surface area contributed by atoms with Gasteiger partial charge in [-0.15, -0.1) is 0 Å². The number of nitro benzene ring substituents is 1. The predicted molar refractivity (Wildman–Crippen MR) is 76.9 cm³/mol. The quantitative estimate of drug-likeness (QED) is 0.487.